The Bertz CT molecular complexity index is 695. The maximum atomic E-state index is 11.4. The molecule has 2 fully saturated rings. The van der Waals surface area contributed by atoms with Gasteiger partial charge >= 0.3 is 0 Å². The Balaban J connectivity index is 1.64. The topological polar surface area (TPSA) is 108 Å². The molecule has 1 amide bonds. The van der Waals surface area contributed by atoms with Gasteiger partial charge in [0.05, 0.1) is 12.1 Å². The second-order valence-electron chi connectivity index (χ2n) is 6.75. The van der Waals surface area contributed by atoms with E-state index in [0.29, 0.717) is 17.8 Å². The lowest BCUT2D eigenvalue weighted by molar-refractivity contribution is -0.217. The zero-order valence-electron chi connectivity index (χ0n) is 15.3. The Hall–Kier alpha value is -2.07. The Morgan fingerprint density at radius 1 is 1.35 bits per heavy atom. The molecule has 3 rings (SSSR count). The third-order valence-corrected chi connectivity index (χ3v) is 4.28. The highest BCUT2D eigenvalue weighted by atomic mass is 16.8. The third kappa shape index (κ3) is 3.85. The molecular weight excluding hydrogens is 340 g/mol. The molecule has 2 heterocycles. The second-order valence-corrected chi connectivity index (χ2v) is 6.75. The summed E-state index contributed by atoms with van der Waals surface area (Å²) in [6, 6.07) is 6.77. The van der Waals surface area contributed by atoms with Gasteiger partial charge in [0.25, 0.3) is 5.91 Å². The summed E-state index contributed by atoms with van der Waals surface area (Å²) in [6.45, 7) is 4.10. The molecule has 2 saturated heterocycles. The van der Waals surface area contributed by atoms with Crippen molar-refractivity contribution in [3.05, 3.63) is 29.8 Å². The molecule has 26 heavy (non-hydrogen) atoms. The SMILES string of the molecule is COC1C(CN(C)N=Nc2ccccc2C(N)=O)OC2OC(C)(C)OC21. The van der Waals surface area contributed by atoms with Crippen LogP contribution in [0.5, 0.6) is 0 Å². The lowest BCUT2D eigenvalue weighted by Gasteiger charge is -2.26. The molecule has 0 radical (unpaired) electrons. The number of nitrogens with zero attached hydrogens (tertiary/aromatic N) is 3. The number of likely N-dealkylation sites (N-methyl/N-ethyl adjacent to an activating group) is 1. The van der Waals surface area contributed by atoms with Crippen molar-refractivity contribution in [3.8, 4) is 0 Å². The first kappa shape index (κ1) is 18.7. The minimum absolute atomic E-state index is 0.280. The van der Waals surface area contributed by atoms with Crippen LogP contribution >= 0.6 is 0 Å². The minimum Gasteiger partial charge on any atom is -0.376 e. The van der Waals surface area contributed by atoms with Gasteiger partial charge in [-0.2, -0.15) is 0 Å². The molecule has 1 aromatic rings. The number of hydrogen-bond donors (Lipinski definition) is 1. The molecule has 9 nitrogen and oxygen atoms in total. The average molecular weight is 364 g/mol. The predicted octanol–water partition coefficient (Wildman–Crippen LogP) is 1.61. The molecule has 0 aromatic heterocycles. The summed E-state index contributed by atoms with van der Waals surface area (Å²) in [5.41, 5.74) is 6.07. The molecule has 2 aliphatic heterocycles. The van der Waals surface area contributed by atoms with Gasteiger partial charge in [-0.15, -0.1) is 5.11 Å². The first-order chi connectivity index (χ1) is 12.3. The highest BCUT2D eigenvalue weighted by molar-refractivity contribution is 5.97. The van der Waals surface area contributed by atoms with E-state index in [9.17, 15) is 4.79 Å². The minimum atomic E-state index is -0.693. The number of carbonyl (C=O) groups is 1. The van der Waals surface area contributed by atoms with Gasteiger partial charge in [0.2, 0.25) is 0 Å². The van der Waals surface area contributed by atoms with Crippen molar-refractivity contribution in [2.24, 2.45) is 16.1 Å². The maximum Gasteiger partial charge on any atom is 0.250 e. The maximum absolute atomic E-state index is 11.4. The summed E-state index contributed by atoms with van der Waals surface area (Å²) in [4.78, 5) is 11.4. The molecule has 2 N–H and O–H groups in total. The predicted molar refractivity (Wildman–Crippen MR) is 91.6 cm³/mol. The largest absolute Gasteiger partial charge is 0.376 e. The number of primary amides is 1. The van der Waals surface area contributed by atoms with Crippen LogP contribution in [0.15, 0.2) is 34.6 Å². The number of hydrogen-bond acceptors (Lipinski definition) is 7. The third-order valence-electron chi connectivity index (χ3n) is 4.28. The van der Waals surface area contributed by atoms with Crippen molar-refractivity contribution in [2.45, 2.75) is 44.2 Å². The Morgan fingerprint density at radius 3 is 2.77 bits per heavy atom. The van der Waals surface area contributed by atoms with Gasteiger partial charge in [-0.3, -0.25) is 9.80 Å². The molecule has 142 valence electrons. The summed E-state index contributed by atoms with van der Waals surface area (Å²) in [5, 5.41) is 9.84. The smallest absolute Gasteiger partial charge is 0.250 e. The van der Waals surface area contributed by atoms with Crippen LogP contribution in [0.3, 0.4) is 0 Å². The van der Waals surface area contributed by atoms with Crippen LogP contribution in [0.1, 0.15) is 24.2 Å². The van der Waals surface area contributed by atoms with Crippen LogP contribution in [0.25, 0.3) is 0 Å². The molecule has 1 aromatic carbocycles. The summed E-state index contributed by atoms with van der Waals surface area (Å²) in [7, 11) is 3.37. The fourth-order valence-electron chi connectivity index (χ4n) is 3.17. The normalized spacial score (nSPS) is 29.8. The standard InChI is InChI=1S/C17H24N4O5/c1-17(2)25-14-13(23-4)12(24-16(14)26-17)9-21(3)20-19-11-8-6-5-7-10(11)15(18)22/h5-8,12-14,16H,9H2,1-4H3,(H2,18,22). The van der Waals surface area contributed by atoms with Crippen LogP contribution < -0.4 is 5.73 Å². The van der Waals surface area contributed by atoms with Crippen molar-refractivity contribution in [1.29, 1.82) is 0 Å². The van der Waals surface area contributed by atoms with Crippen molar-refractivity contribution in [1.82, 2.24) is 5.01 Å². The fraction of sp³-hybridized carbons (Fsp3) is 0.588. The van der Waals surface area contributed by atoms with E-state index in [-0.39, 0.29) is 18.3 Å². The number of benzene rings is 1. The van der Waals surface area contributed by atoms with Crippen molar-refractivity contribution < 1.29 is 23.7 Å². The molecule has 4 unspecified atom stereocenters. The molecule has 0 aliphatic carbocycles. The first-order valence-electron chi connectivity index (χ1n) is 8.36. The number of amides is 1. The Kier molecular flexibility index (Phi) is 5.24. The fourth-order valence-corrected chi connectivity index (χ4v) is 3.17. The highest BCUT2D eigenvalue weighted by Crippen LogP contribution is 2.38. The van der Waals surface area contributed by atoms with Crippen molar-refractivity contribution in [2.75, 3.05) is 20.7 Å². The zero-order valence-corrected chi connectivity index (χ0v) is 15.3. The molecule has 0 bridgehead atoms. The number of methoxy groups -OCH3 is 1. The average Bonchev–Trinajstić information content (AvgIpc) is 3.03. The number of rotatable bonds is 6. The summed E-state index contributed by atoms with van der Waals surface area (Å²) >= 11 is 0. The van der Waals surface area contributed by atoms with Crippen LogP contribution in [0.4, 0.5) is 5.69 Å². The van der Waals surface area contributed by atoms with Crippen LogP contribution in [-0.2, 0) is 18.9 Å². The second kappa shape index (κ2) is 7.28. The molecular formula is C17H24N4O5. The molecule has 9 heteroatoms. The van der Waals surface area contributed by atoms with Gasteiger partial charge < -0.3 is 24.7 Å². The van der Waals surface area contributed by atoms with Crippen LogP contribution in [-0.4, -0.2) is 62.0 Å². The number of ether oxygens (including phenoxy) is 4. The number of fused-ring (bicyclic) bond motifs is 1. The van der Waals surface area contributed by atoms with Gasteiger partial charge in [-0.25, -0.2) is 0 Å². The molecule has 0 saturated carbocycles. The van der Waals surface area contributed by atoms with Gasteiger partial charge in [-0.1, -0.05) is 17.4 Å². The molecule has 4 atom stereocenters. The monoisotopic (exact) mass is 364 g/mol. The highest BCUT2D eigenvalue weighted by Gasteiger charge is 2.55. The number of nitrogens with two attached hydrogens (primary N) is 1. The quantitative estimate of drug-likeness (QED) is 0.607. The van der Waals surface area contributed by atoms with Crippen LogP contribution in [0.2, 0.25) is 0 Å². The number of carbonyl (C=O) groups excluding carboxylic acids is 1. The van der Waals surface area contributed by atoms with E-state index < -0.39 is 18.0 Å². The Labute approximate surface area is 152 Å². The Morgan fingerprint density at radius 2 is 2.08 bits per heavy atom. The van der Waals surface area contributed by atoms with E-state index in [1.807, 2.05) is 13.8 Å². The molecule has 0 spiro atoms. The van der Waals surface area contributed by atoms with E-state index in [2.05, 4.69) is 10.3 Å². The van der Waals surface area contributed by atoms with Crippen molar-refractivity contribution >= 4 is 11.6 Å². The first-order valence-corrected chi connectivity index (χ1v) is 8.36. The van der Waals surface area contributed by atoms with E-state index in [1.54, 1.807) is 43.4 Å². The van der Waals surface area contributed by atoms with E-state index in [1.165, 1.54) is 0 Å². The van der Waals surface area contributed by atoms with Gasteiger partial charge in [0.1, 0.15) is 24.0 Å². The van der Waals surface area contributed by atoms with E-state index >= 15 is 0 Å². The zero-order chi connectivity index (χ0) is 18.9. The van der Waals surface area contributed by atoms with Crippen LogP contribution in [0, 0.1) is 0 Å². The van der Waals surface area contributed by atoms with E-state index in [4.69, 9.17) is 24.7 Å². The van der Waals surface area contributed by atoms with Gasteiger partial charge in [0.15, 0.2) is 12.1 Å². The van der Waals surface area contributed by atoms with Gasteiger partial charge in [-0.05, 0) is 26.0 Å². The summed E-state index contributed by atoms with van der Waals surface area (Å²) in [5.74, 6) is -1.24. The lowest BCUT2D eigenvalue weighted by atomic mass is 10.1. The summed E-state index contributed by atoms with van der Waals surface area (Å²) < 4.78 is 23.1. The van der Waals surface area contributed by atoms with Crippen molar-refractivity contribution in [3.63, 3.8) is 0 Å². The summed E-state index contributed by atoms with van der Waals surface area (Å²) in [6.07, 6.45) is -1.33. The molecule has 2 aliphatic rings. The van der Waals surface area contributed by atoms with Gasteiger partial charge in [0, 0.05) is 14.2 Å². The van der Waals surface area contributed by atoms with E-state index in [0.717, 1.165) is 0 Å². The lowest BCUT2D eigenvalue weighted by Crippen LogP contribution is -2.40.